The van der Waals surface area contributed by atoms with Crippen molar-refractivity contribution in [2.24, 2.45) is 0 Å². The fourth-order valence-corrected chi connectivity index (χ4v) is 2.62. The van der Waals surface area contributed by atoms with Crippen molar-refractivity contribution >= 4 is 5.82 Å². The summed E-state index contributed by atoms with van der Waals surface area (Å²) in [5.41, 5.74) is -0.874. The number of piperidine rings is 1. The summed E-state index contributed by atoms with van der Waals surface area (Å²) in [4.78, 5) is 9.79. The molecule has 2 aromatic heterocycles. The Hall–Kier alpha value is -2.12. The molecule has 0 aliphatic carbocycles. The van der Waals surface area contributed by atoms with Crippen molar-refractivity contribution in [1.29, 1.82) is 0 Å². The molecule has 1 aliphatic rings. The largest absolute Gasteiger partial charge is 0.433 e. The van der Waals surface area contributed by atoms with Crippen molar-refractivity contribution in [3.8, 4) is 0 Å². The molecule has 22 heavy (non-hydrogen) atoms. The Labute approximate surface area is 125 Å². The molecule has 1 fully saturated rings. The molecule has 1 aliphatic heterocycles. The smallest absolute Gasteiger partial charge is 0.356 e. The van der Waals surface area contributed by atoms with Crippen LogP contribution in [-0.2, 0) is 6.18 Å². The van der Waals surface area contributed by atoms with Crippen LogP contribution in [-0.4, -0.2) is 28.2 Å². The molecule has 1 saturated heterocycles. The van der Waals surface area contributed by atoms with Gasteiger partial charge in [-0.15, -0.1) is 0 Å². The van der Waals surface area contributed by atoms with E-state index >= 15 is 0 Å². The highest BCUT2D eigenvalue weighted by atomic mass is 19.4. The monoisotopic (exact) mass is 312 g/mol. The van der Waals surface area contributed by atoms with Gasteiger partial charge >= 0.3 is 6.18 Å². The van der Waals surface area contributed by atoms with Crippen molar-refractivity contribution in [1.82, 2.24) is 15.1 Å². The number of rotatable bonds is 2. The molecule has 1 atom stereocenters. The van der Waals surface area contributed by atoms with Gasteiger partial charge in [-0.3, -0.25) is 0 Å². The Morgan fingerprint density at radius 1 is 1.27 bits per heavy atom. The standard InChI is InChI=1S/C14H15F3N4O/c1-9-18-13(22-20-9)10-4-3-7-21(8-10)12-6-2-5-11(19-12)14(15,16)17/h2,5-6,10H,3-4,7-8H2,1H3/t10-/m1/s1. The molecule has 2 aromatic rings. The molecule has 3 heterocycles. The lowest BCUT2D eigenvalue weighted by molar-refractivity contribution is -0.141. The van der Waals surface area contributed by atoms with Gasteiger partial charge in [-0.25, -0.2) is 4.98 Å². The third kappa shape index (κ3) is 3.05. The van der Waals surface area contributed by atoms with E-state index in [0.717, 1.165) is 18.9 Å². The number of aryl methyl sites for hydroxylation is 1. The van der Waals surface area contributed by atoms with E-state index in [1.54, 1.807) is 13.0 Å². The molecule has 0 N–H and O–H groups in total. The van der Waals surface area contributed by atoms with Crippen LogP contribution in [0.1, 0.15) is 36.2 Å². The summed E-state index contributed by atoms with van der Waals surface area (Å²) in [6.07, 6.45) is -2.73. The number of aromatic nitrogens is 3. The third-order valence-electron chi connectivity index (χ3n) is 3.66. The van der Waals surface area contributed by atoms with Crippen LogP contribution in [0.3, 0.4) is 0 Å². The molecule has 0 saturated carbocycles. The summed E-state index contributed by atoms with van der Waals surface area (Å²) >= 11 is 0. The van der Waals surface area contributed by atoms with Crippen LogP contribution in [0, 0.1) is 6.92 Å². The fraction of sp³-hybridized carbons (Fsp3) is 0.500. The Morgan fingerprint density at radius 3 is 2.77 bits per heavy atom. The molecule has 8 heteroatoms. The second-order valence-electron chi connectivity index (χ2n) is 5.34. The first-order valence-electron chi connectivity index (χ1n) is 7.03. The van der Waals surface area contributed by atoms with E-state index in [4.69, 9.17) is 4.52 Å². The van der Waals surface area contributed by atoms with Gasteiger partial charge in [0.25, 0.3) is 0 Å². The summed E-state index contributed by atoms with van der Waals surface area (Å²) in [6.45, 7) is 2.93. The van der Waals surface area contributed by atoms with E-state index in [9.17, 15) is 13.2 Å². The van der Waals surface area contributed by atoms with Gasteiger partial charge in [-0.2, -0.15) is 18.2 Å². The molecule has 5 nitrogen and oxygen atoms in total. The number of hydrogen-bond donors (Lipinski definition) is 0. The summed E-state index contributed by atoms with van der Waals surface area (Å²) in [5.74, 6) is 1.44. The Balaban J connectivity index is 1.80. The Kier molecular flexibility index (Phi) is 3.76. The zero-order valence-electron chi connectivity index (χ0n) is 12.0. The van der Waals surface area contributed by atoms with Gasteiger partial charge in [-0.05, 0) is 31.9 Å². The summed E-state index contributed by atoms with van der Waals surface area (Å²) in [7, 11) is 0. The van der Waals surface area contributed by atoms with E-state index in [2.05, 4.69) is 15.1 Å². The number of anilines is 1. The van der Waals surface area contributed by atoms with Crippen molar-refractivity contribution in [2.45, 2.75) is 31.9 Å². The van der Waals surface area contributed by atoms with Gasteiger partial charge in [0.1, 0.15) is 11.5 Å². The van der Waals surface area contributed by atoms with Crippen LogP contribution in [0.25, 0.3) is 0 Å². The average molecular weight is 312 g/mol. The second-order valence-corrected chi connectivity index (χ2v) is 5.34. The SMILES string of the molecule is Cc1noc([C@@H]2CCCN(c3cccc(C(F)(F)F)n3)C2)n1. The lowest BCUT2D eigenvalue weighted by atomic mass is 9.98. The van der Waals surface area contributed by atoms with Gasteiger partial charge in [-0.1, -0.05) is 11.2 Å². The fourth-order valence-electron chi connectivity index (χ4n) is 2.62. The van der Waals surface area contributed by atoms with Crippen LogP contribution >= 0.6 is 0 Å². The van der Waals surface area contributed by atoms with Crippen molar-refractivity contribution < 1.29 is 17.7 Å². The van der Waals surface area contributed by atoms with Gasteiger partial charge in [0.15, 0.2) is 5.82 Å². The summed E-state index contributed by atoms with van der Waals surface area (Å²) < 4.78 is 43.5. The molecule has 0 spiro atoms. The molecule has 0 amide bonds. The number of nitrogens with zero attached hydrogens (tertiary/aromatic N) is 4. The lowest BCUT2D eigenvalue weighted by Gasteiger charge is -2.32. The number of halogens is 3. The van der Waals surface area contributed by atoms with Crippen LogP contribution < -0.4 is 4.90 Å². The van der Waals surface area contributed by atoms with Crippen molar-refractivity contribution in [2.75, 3.05) is 18.0 Å². The average Bonchev–Trinajstić information content (AvgIpc) is 2.93. The minimum absolute atomic E-state index is 0.0197. The Bertz CT molecular complexity index is 656. The highest BCUT2D eigenvalue weighted by Gasteiger charge is 2.33. The number of alkyl halides is 3. The normalized spacial score (nSPS) is 19.5. The topological polar surface area (TPSA) is 55.1 Å². The number of pyridine rings is 1. The van der Waals surface area contributed by atoms with Crippen molar-refractivity contribution in [3.63, 3.8) is 0 Å². The second kappa shape index (κ2) is 5.58. The van der Waals surface area contributed by atoms with Crippen LogP contribution in [0.4, 0.5) is 19.0 Å². The minimum atomic E-state index is -4.44. The lowest BCUT2D eigenvalue weighted by Crippen LogP contribution is -2.35. The van der Waals surface area contributed by atoms with Gasteiger partial charge < -0.3 is 9.42 Å². The van der Waals surface area contributed by atoms with E-state index < -0.39 is 11.9 Å². The minimum Gasteiger partial charge on any atom is -0.356 e. The van der Waals surface area contributed by atoms with E-state index in [1.807, 2.05) is 4.90 Å². The third-order valence-corrected chi connectivity index (χ3v) is 3.66. The predicted octanol–water partition coefficient (Wildman–Crippen LogP) is 3.18. The Morgan fingerprint density at radius 2 is 2.09 bits per heavy atom. The van der Waals surface area contributed by atoms with Gasteiger partial charge in [0, 0.05) is 13.1 Å². The molecule has 3 rings (SSSR count). The quantitative estimate of drug-likeness (QED) is 0.852. The summed E-state index contributed by atoms with van der Waals surface area (Å²) in [6, 6.07) is 3.95. The molecule has 0 radical (unpaired) electrons. The maximum absolute atomic E-state index is 12.8. The first kappa shape index (κ1) is 14.8. The zero-order chi connectivity index (χ0) is 15.7. The van der Waals surface area contributed by atoms with E-state index in [-0.39, 0.29) is 5.92 Å². The molecule has 0 aromatic carbocycles. The highest BCUT2D eigenvalue weighted by molar-refractivity contribution is 5.40. The maximum atomic E-state index is 12.8. The molecule has 118 valence electrons. The first-order valence-corrected chi connectivity index (χ1v) is 7.03. The summed E-state index contributed by atoms with van der Waals surface area (Å²) in [5, 5.41) is 3.77. The highest BCUT2D eigenvalue weighted by Crippen LogP contribution is 2.31. The van der Waals surface area contributed by atoms with Crippen molar-refractivity contribution in [3.05, 3.63) is 35.6 Å². The molecule has 0 bridgehead atoms. The molecular formula is C14H15F3N4O. The van der Waals surface area contributed by atoms with E-state index in [0.29, 0.717) is 30.6 Å². The van der Waals surface area contributed by atoms with Gasteiger partial charge in [0.05, 0.1) is 5.92 Å². The molecule has 0 unspecified atom stereocenters. The zero-order valence-corrected chi connectivity index (χ0v) is 12.0. The predicted molar refractivity (Wildman–Crippen MR) is 72.5 cm³/mol. The first-order chi connectivity index (χ1) is 10.4. The van der Waals surface area contributed by atoms with Crippen LogP contribution in [0.5, 0.6) is 0 Å². The van der Waals surface area contributed by atoms with Crippen LogP contribution in [0.2, 0.25) is 0 Å². The maximum Gasteiger partial charge on any atom is 0.433 e. The number of hydrogen-bond acceptors (Lipinski definition) is 5. The van der Waals surface area contributed by atoms with E-state index in [1.165, 1.54) is 6.07 Å². The molecular weight excluding hydrogens is 297 g/mol. The van der Waals surface area contributed by atoms with Gasteiger partial charge in [0.2, 0.25) is 5.89 Å². The van der Waals surface area contributed by atoms with Crippen LogP contribution in [0.15, 0.2) is 22.7 Å².